The Kier molecular flexibility index (Phi) is 13.2. The van der Waals surface area contributed by atoms with Crippen molar-refractivity contribution in [3.63, 3.8) is 0 Å². The smallest absolute Gasteiger partial charge is 0.323 e. The fourth-order valence-corrected chi connectivity index (χ4v) is 8.38. The molecule has 2 saturated heterocycles. The molecule has 6 N–H and O–H groups in total. The van der Waals surface area contributed by atoms with Gasteiger partial charge >= 0.3 is 5.97 Å². The lowest BCUT2D eigenvalue weighted by molar-refractivity contribution is -0.139. The molecule has 4 rings (SSSR count). The number of thiophene rings is 1. The van der Waals surface area contributed by atoms with E-state index in [1.807, 2.05) is 30.3 Å². The van der Waals surface area contributed by atoms with Crippen molar-refractivity contribution in [3.05, 3.63) is 42.5 Å². The summed E-state index contributed by atoms with van der Waals surface area (Å²) in [6.45, 7) is 3.26. The first-order valence-electron chi connectivity index (χ1n) is 15.6. The van der Waals surface area contributed by atoms with Crippen molar-refractivity contribution in [1.82, 2.24) is 26.0 Å². The summed E-state index contributed by atoms with van der Waals surface area (Å²) in [5.41, 5.74) is 0.850. The van der Waals surface area contributed by atoms with Gasteiger partial charge < -0.3 is 26.4 Å². The molecule has 0 saturated carbocycles. The average Bonchev–Trinajstić information content (AvgIpc) is 3.55. The first kappa shape index (κ1) is 34.0. The third-order valence-electron chi connectivity index (χ3n) is 8.56. The highest BCUT2D eigenvalue weighted by atomic mass is 32.2. The third kappa shape index (κ3) is 10.7. The van der Waals surface area contributed by atoms with Crippen LogP contribution >= 0.6 is 11.3 Å². The molecule has 13 heteroatoms. The van der Waals surface area contributed by atoms with Crippen LogP contribution in [0, 0.1) is 17.8 Å². The molecule has 44 heavy (non-hydrogen) atoms. The van der Waals surface area contributed by atoms with Crippen LogP contribution in [0.5, 0.6) is 0 Å². The molecule has 2 amide bonds. The van der Waals surface area contributed by atoms with Gasteiger partial charge in [-0.05, 0) is 107 Å². The van der Waals surface area contributed by atoms with Crippen molar-refractivity contribution < 1.29 is 27.9 Å². The van der Waals surface area contributed by atoms with Crippen LogP contribution in [0.3, 0.4) is 0 Å². The molecule has 2 fully saturated rings. The number of carboxylic acids is 1. The number of hydrogen-bond donors (Lipinski definition) is 6. The Morgan fingerprint density at radius 3 is 2.02 bits per heavy atom. The predicted octanol–water partition coefficient (Wildman–Crippen LogP) is 2.55. The van der Waals surface area contributed by atoms with E-state index in [-0.39, 0.29) is 22.6 Å². The number of rotatable bonds is 16. The van der Waals surface area contributed by atoms with E-state index in [4.69, 9.17) is 0 Å². The van der Waals surface area contributed by atoms with E-state index in [1.165, 1.54) is 6.07 Å². The molecule has 0 radical (unpaired) electrons. The number of benzene rings is 1. The van der Waals surface area contributed by atoms with Crippen LogP contribution in [0.15, 0.2) is 46.7 Å². The second-order valence-corrected chi connectivity index (χ2v) is 14.8. The summed E-state index contributed by atoms with van der Waals surface area (Å²) in [6.07, 6.45) is 7.97. The highest BCUT2D eigenvalue weighted by Gasteiger charge is 2.28. The molecule has 2 aliphatic rings. The van der Waals surface area contributed by atoms with Crippen molar-refractivity contribution in [2.75, 3.05) is 39.3 Å². The zero-order chi connectivity index (χ0) is 31.4. The van der Waals surface area contributed by atoms with E-state index in [0.717, 1.165) is 99.3 Å². The minimum absolute atomic E-state index is 0.0267. The maximum atomic E-state index is 13.2. The molecular formula is C31H45N5O6S2. The molecule has 2 aromatic rings. The lowest BCUT2D eigenvalue weighted by atomic mass is 9.84. The van der Waals surface area contributed by atoms with Gasteiger partial charge in [-0.25, -0.2) is 8.42 Å². The van der Waals surface area contributed by atoms with Crippen molar-refractivity contribution in [3.8, 4) is 10.4 Å². The first-order chi connectivity index (χ1) is 21.2. The topological polar surface area (TPSA) is 166 Å². The Hall–Kier alpha value is -2.84. The van der Waals surface area contributed by atoms with Gasteiger partial charge in [0.05, 0.1) is 6.54 Å². The van der Waals surface area contributed by atoms with E-state index in [0.29, 0.717) is 11.8 Å². The Morgan fingerprint density at radius 2 is 1.45 bits per heavy atom. The van der Waals surface area contributed by atoms with Crippen molar-refractivity contribution in [2.24, 2.45) is 17.8 Å². The fourth-order valence-electron chi connectivity index (χ4n) is 5.86. The minimum atomic E-state index is -4.15. The molecule has 1 atom stereocenters. The summed E-state index contributed by atoms with van der Waals surface area (Å²) < 4.78 is 28.0. The van der Waals surface area contributed by atoms with Gasteiger partial charge in [-0.15, -0.1) is 11.3 Å². The van der Waals surface area contributed by atoms with E-state index < -0.39 is 34.5 Å². The fraction of sp³-hybridized carbons (Fsp3) is 0.581. The van der Waals surface area contributed by atoms with Gasteiger partial charge in [-0.1, -0.05) is 30.3 Å². The third-order valence-corrected chi connectivity index (χ3v) is 11.7. The maximum Gasteiger partial charge on any atom is 0.323 e. The van der Waals surface area contributed by atoms with Gasteiger partial charge in [0.15, 0.2) is 0 Å². The molecular weight excluding hydrogens is 603 g/mol. The maximum absolute atomic E-state index is 13.2. The number of hydrogen-bond acceptors (Lipinski definition) is 8. The van der Waals surface area contributed by atoms with Crippen LogP contribution in [0.4, 0.5) is 0 Å². The molecule has 0 aliphatic carbocycles. The molecule has 1 aromatic heterocycles. The second kappa shape index (κ2) is 17.0. The van der Waals surface area contributed by atoms with Crippen LogP contribution in [-0.2, 0) is 24.4 Å². The second-order valence-electron chi connectivity index (χ2n) is 11.8. The van der Waals surface area contributed by atoms with Crippen LogP contribution in [0.25, 0.3) is 10.4 Å². The SMILES string of the molecule is O=C(CNC(=O)C(CCC1CCNCC1)CCC1CCNCC1)NCC(NS(=O)(=O)c1ccc(-c2ccccc2)s1)C(=O)O. The summed E-state index contributed by atoms with van der Waals surface area (Å²) in [5, 5.41) is 21.6. The van der Waals surface area contributed by atoms with E-state index in [9.17, 15) is 27.9 Å². The van der Waals surface area contributed by atoms with Crippen molar-refractivity contribution >= 4 is 39.1 Å². The quantitative estimate of drug-likeness (QED) is 0.162. The Balaban J connectivity index is 1.26. The van der Waals surface area contributed by atoms with Gasteiger partial charge in [0.2, 0.25) is 11.8 Å². The number of carboxylic acid groups (broad SMARTS) is 1. The van der Waals surface area contributed by atoms with Gasteiger partial charge in [0.1, 0.15) is 10.3 Å². The monoisotopic (exact) mass is 647 g/mol. The highest BCUT2D eigenvalue weighted by Crippen LogP contribution is 2.31. The number of aliphatic carboxylic acids is 1. The van der Waals surface area contributed by atoms with Crippen LogP contribution < -0.4 is 26.0 Å². The minimum Gasteiger partial charge on any atom is -0.480 e. The molecule has 1 aromatic carbocycles. The van der Waals surface area contributed by atoms with Gasteiger partial charge in [0, 0.05) is 17.3 Å². The molecule has 2 aliphatic heterocycles. The lowest BCUT2D eigenvalue weighted by Gasteiger charge is -2.27. The zero-order valence-corrected chi connectivity index (χ0v) is 26.7. The van der Waals surface area contributed by atoms with Gasteiger partial charge in [-0.3, -0.25) is 14.4 Å². The van der Waals surface area contributed by atoms with Gasteiger partial charge in [-0.2, -0.15) is 4.72 Å². The number of carbonyl (C=O) groups is 3. The van der Waals surface area contributed by atoms with E-state index in [2.05, 4.69) is 26.0 Å². The molecule has 1 unspecified atom stereocenters. The van der Waals surface area contributed by atoms with Crippen molar-refractivity contribution in [2.45, 2.75) is 61.6 Å². The molecule has 0 bridgehead atoms. The normalized spacial score (nSPS) is 17.3. The number of piperidine rings is 2. The van der Waals surface area contributed by atoms with Crippen LogP contribution in [0.2, 0.25) is 0 Å². The highest BCUT2D eigenvalue weighted by molar-refractivity contribution is 7.91. The predicted molar refractivity (Wildman–Crippen MR) is 171 cm³/mol. The molecule has 3 heterocycles. The van der Waals surface area contributed by atoms with E-state index >= 15 is 0 Å². The summed E-state index contributed by atoms with van der Waals surface area (Å²) in [5.74, 6) is -1.15. The standard InChI is InChI=1S/C31H45N5O6S2/c37-28(21-35-30(38)25(8-6-22-12-16-32-17-13-22)9-7-23-14-18-33-19-15-23)34-20-26(31(39)40)36-44(41,42)29-11-10-27(43-29)24-4-2-1-3-5-24/h1-5,10-11,22-23,25-26,32-33,36H,6-9,12-21H2,(H,34,37)(H,35,38)(H,39,40). The Morgan fingerprint density at radius 1 is 0.864 bits per heavy atom. The van der Waals surface area contributed by atoms with Gasteiger partial charge in [0.25, 0.3) is 10.0 Å². The van der Waals surface area contributed by atoms with Crippen LogP contribution in [-0.4, -0.2) is 76.6 Å². The summed E-state index contributed by atoms with van der Waals surface area (Å²) in [7, 11) is -4.15. The average molecular weight is 648 g/mol. The van der Waals surface area contributed by atoms with E-state index in [1.54, 1.807) is 6.07 Å². The Labute approximate surface area is 264 Å². The number of nitrogens with one attached hydrogen (secondary N) is 5. The molecule has 0 spiro atoms. The summed E-state index contributed by atoms with van der Waals surface area (Å²) in [6, 6.07) is 10.8. The first-order valence-corrected chi connectivity index (χ1v) is 17.9. The Bertz CT molecular complexity index is 1300. The molecule has 11 nitrogen and oxygen atoms in total. The lowest BCUT2D eigenvalue weighted by Crippen LogP contribution is -2.50. The number of carbonyl (C=O) groups excluding carboxylic acids is 2. The van der Waals surface area contributed by atoms with Crippen LogP contribution in [0.1, 0.15) is 51.4 Å². The van der Waals surface area contributed by atoms with Crippen molar-refractivity contribution in [1.29, 1.82) is 0 Å². The molecule has 242 valence electrons. The number of amides is 2. The number of sulfonamides is 1. The largest absolute Gasteiger partial charge is 0.480 e. The summed E-state index contributed by atoms with van der Waals surface area (Å²) in [4.78, 5) is 38.4. The zero-order valence-electron chi connectivity index (χ0n) is 25.1. The summed E-state index contributed by atoms with van der Waals surface area (Å²) >= 11 is 1.03.